The molecule has 0 amide bonds. The van der Waals surface area contributed by atoms with Crippen LogP contribution in [-0.2, 0) is 0 Å². The lowest BCUT2D eigenvalue weighted by atomic mass is 9.80. The number of aromatic nitrogens is 3. The molecule has 2 aliphatic rings. The van der Waals surface area contributed by atoms with Gasteiger partial charge in [-0.1, -0.05) is 176 Å². The maximum Gasteiger partial charge on any atom is 0.0979 e. The highest BCUT2D eigenvalue weighted by Crippen LogP contribution is 2.41. The molecule has 0 bridgehead atoms. The van der Waals surface area contributed by atoms with E-state index in [1.807, 2.05) is 6.20 Å². The maximum atomic E-state index is 5.27. The van der Waals surface area contributed by atoms with E-state index in [1.165, 1.54) is 98.8 Å². The molecular weight excluding hydrogens is 811 g/mol. The average Bonchev–Trinajstić information content (AvgIpc) is 3.74. The van der Waals surface area contributed by atoms with Gasteiger partial charge in [0.05, 0.1) is 34.0 Å². The van der Waals surface area contributed by atoms with Crippen molar-refractivity contribution in [2.45, 2.75) is 6.42 Å². The molecule has 1 atom stereocenters. The van der Waals surface area contributed by atoms with Crippen LogP contribution in [0, 0.1) is 5.92 Å². The van der Waals surface area contributed by atoms with E-state index in [0.29, 0.717) is 5.92 Å². The highest BCUT2D eigenvalue weighted by molar-refractivity contribution is 6.23. The van der Waals surface area contributed by atoms with Crippen molar-refractivity contribution in [1.29, 1.82) is 0 Å². The summed E-state index contributed by atoms with van der Waals surface area (Å²) in [6.07, 6.45) is 14.6. The van der Waals surface area contributed by atoms with Gasteiger partial charge in [0.2, 0.25) is 0 Å². The second-order valence-corrected chi connectivity index (χ2v) is 18.1. The Hall–Kier alpha value is -8.66. The summed E-state index contributed by atoms with van der Waals surface area (Å²) in [6.45, 7) is 0. The van der Waals surface area contributed by atoms with Crippen molar-refractivity contribution >= 4 is 87.1 Å². The summed E-state index contributed by atoms with van der Waals surface area (Å²) < 4.78 is 2.39. The SMILES string of the molecule is C1=CC2CC(c3cccc(-c4cnc5c6ccccc6c6ccccc6c5n4)c3)=CC=C2C=C1c1ccc2cc(-c3ccc4cc(-n5c6ccccc6c6ccccc65)ccc4c3)ccc2c1. The van der Waals surface area contributed by atoms with E-state index in [2.05, 4.69) is 229 Å². The summed E-state index contributed by atoms with van der Waals surface area (Å²) in [5.41, 5.74) is 16.3. The molecule has 2 aliphatic carbocycles. The Kier molecular flexibility index (Phi) is 8.41. The van der Waals surface area contributed by atoms with Gasteiger partial charge in [0.15, 0.2) is 0 Å². The molecule has 10 aromatic carbocycles. The number of allylic oxidation sites excluding steroid dienone is 8. The largest absolute Gasteiger partial charge is 0.309 e. The van der Waals surface area contributed by atoms with Crippen LogP contribution < -0.4 is 0 Å². The lowest BCUT2D eigenvalue weighted by Crippen LogP contribution is -2.08. The van der Waals surface area contributed by atoms with Gasteiger partial charge in [0.1, 0.15) is 0 Å². The minimum absolute atomic E-state index is 0.331. The van der Waals surface area contributed by atoms with Crippen LogP contribution in [0.15, 0.2) is 236 Å². The van der Waals surface area contributed by atoms with Gasteiger partial charge >= 0.3 is 0 Å². The lowest BCUT2D eigenvalue weighted by Gasteiger charge is -2.25. The fourth-order valence-corrected chi connectivity index (χ4v) is 10.9. The summed E-state index contributed by atoms with van der Waals surface area (Å²) in [6, 6.07) is 70.7. The summed E-state index contributed by atoms with van der Waals surface area (Å²) in [5, 5.41) is 12.2. The average molecular weight is 852 g/mol. The predicted octanol–water partition coefficient (Wildman–Crippen LogP) is 16.7. The molecule has 0 saturated carbocycles. The highest BCUT2D eigenvalue weighted by Gasteiger charge is 2.21. The summed E-state index contributed by atoms with van der Waals surface area (Å²) in [5.74, 6) is 0.331. The van der Waals surface area contributed by atoms with Gasteiger partial charge in [-0.05, 0) is 126 Å². The molecule has 0 N–H and O–H groups in total. The number of hydrogen-bond donors (Lipinski definition) is 0. The van der Waals surface area contributed by atoms with Crippen molar-refractivity contribution in [3.8, 4) is 28.1 Å². The molecule has 0 spiro atoms. The molecule has 3 nitrogen and oxygen atoms in total. The van der Waals surface area contributed by atoms with Crippen molar-refractivity contribution < 1.29 is 0 Å². The van der Waals surface area contributed by atoms with Gasteiger partial charge in [-0.25, -0.2) is 4.98 Å². The maximum absolute atomic E-state index is 5.27. The van der Waals surface area contributed by atoms with Gasteiger partial charge < -0.3 is 4.57 Å². The van der Waals surface area contributed by atoms with Gasteiger partial charge in [0, 0.05) is 38.7 Å². The van der Waals surface area contributed by atoms with Crippen LogP contribution in [-0.4, -0.2) is 14.5 Å². The molecule has 312 valence electrons. The Morgan fingerprint density at radius 2 is 1.00 bits per heavy atom. The molecule has 14 rings (SSSR count). The van der Waals surface area contributed by atoms with Crippen molar-refractivity contribution in [3.63, 3.8) is 0 Å². The standard InChI is InChI=1S/C64H41N3/c1-3-16-58-54(12-1)55-13-2-4-17-59(55)64-63(58)65-39-60(66-64)52-11-9-10-40(37-52)41-20-21-43-33-44(23-22-42(43)32-41)45-24-25-47-35-48(27-26-46(47)34-45)49-28-29-51-38-53(31-30-50(51)36-49)67-61-18-7-5-14-56(61)57-15-6-8-19-62(57)67/h1-31,33-39,42H,32H2. The lowest BCUT2D eigenvalue weighted by molar-refractivity contribution is 0.794. The van der Waals surface area contributed by atoms with Crippen molar-refractivity contribution in [1.82, 2.24) is 14.5 Å². The van der Waals surface area contributed by atoms with E-state index in [4.69, 9.17) is 9.97 Å². The first-order valence-corrected chi connectivity index (χ1v) is 23.2. The zero-order chi connectivity index (χ0) is 44.0. The second kappa shape index (κ2) is 14.9. The Morgan fingerprint density at radius 1 is 0.433 bits per heavy atom. The second-order valence-electron chi connectivity index (χ2n) is 18.1. The van der Waals surface area contributed by atoms with Crippen LogP contribution in [0.4, 0.5) is 0 Å². The van der Waals surface area contributed by atoms with E-state index in [-0.39, 0.29) is 0 Å². The van der Waals surface area contributed by atoms with Gasteiger partial charge in [-0.15, -0.1) is 0 Å². The number of para-hydroxylation sites is 2. The third-order valence-electron chi connectivity index (χ3n) is 14.3. The molecule has 0 saturated heterocycles. The van der Waals surface area contributed by atoms with E-state index in [9.17, 15) is 0 Å². The normalized spacial score (nSPS) is 14.9. The van der Waals surface area contributed by atoms with E-state index >= 15 is 0 Å². The number of hydrogen-bond acceptors (Lipinski definition) is 2. The fraction of sp³-hybridized carbons (Fsp3) is 0.0312. The third-order valence-corrected chi connectivity index (χ3v) is 14.3. The third kappa shape index (κ3) is 6.20. The zero-order valence-electron chi connectivity index (χ0n) is 36.6. The van der Waals surface area contributed by atoms with Crippen molar-refractivity contribution in [2.24, 2.45) is 5.92 Å². The Labute approximate surface area is 387 Å². The summed E-state index contributed by atoms with van der Waals surface area (Å²) in [7, 11) is 0. The molecule has 12 aromatic rings. The van der Waals surface area contributed by atoms with Gasteiger partial charge in [0.25, 0.3) is 0 Å². The molecular formula is C64H41N3. The van der Waals surface area contributed by atoms with Crippen LogP contribution in [0.5, 0.6) is 0 Å². The first-order valence-electron chi connectivity index (χ1n) is 23.2. The minimum atomic E-state index is 0.331. The quantitative estimate of drug-likeness (QED) is 0.162. The van der Waals surface area contributed by atoms with Crippen LogP contribution in [0.3, 0.4) is 0 Å². The number of benzene rings is 10. The van der Waals surface area contributed by atoms with Crippen LogP contribution in [0.2, 0.25) is 0 Å². The van der Waals surface area contributed by atoms with Gasteiger partial charge in [-0.3, -0.25) is 4.98 Å². The molecule has 1 unspecified atom stereocenters. The van der Waals surface area contributed by atoms with Crippen LogP contribution in [0.1, 0.15) is 17.5 Å². The molecule has 0 radical (unpaired) electrons. The molecule has 0 fully saturated rings. The smallest absolute Gasteiger partial charge is 0.0979 e. The number of fused-ring (bicyclic) bond motifs is 12. The monoisotopic (exact) mass is 851 g/mol. The molecule has 3 heteroatoms. The minimum Gasteiger partial charge on any atom is -0.309 e. The molecule has 2 heterocycles. The first-order chi connectivity index (χ1) is 33.2. The summed E-state index contributed by atoms with van der Waals surface area (Å²) in [4.78, 5) is 10.3. The van der Waals surface area contributed by atoms with E-state index < -0.39 is 0 Å². The van der Waals surface area contributed by atoms with Crippen LogP contribution in [0.25, 0.3) is 115 Å². The Morgan fingerprint density at radius 3 is 1.70 bits per heavy atom. The predicted molar refractivity (Wildman–Crippen MR) is 282 cm³/mol. The first kappa shape index (κ1) is 37.7. The molecule has 2 aromatic heterocycles. The Bertz CT molecular complexity index is 4110. The van der Waals surface area contributed by atoms with Crippen molar-refractivity contribution in [3.05, 3.63) is 247 Å². The fourth-order valence-electron chi connectivity index (χ4n) is 10.9. The summed E-state index contributed by atoms with van der Waals surface area (Å²) >= 11 is 0. The van der Waals surface area contributed by atoms with Crippen molar-refractivity contribution in [2.75, 3.05) is 0 Å². The highest BCUT2D eigenvalue weighted by atomic mass is 15.0. The number of rotatable bonds is 5. The van der Waals surface area contributed by atoms with Gasteiger partial charge in [-0.2, -0.15) is 0 Å². The topological polar surface area (TPSA) is 30.7 Å². The van der Waals surface area contributed by atoms with E-state index in [0.717, 1.165) is 39.5 Å². The number of nitrogens with zero attached hydrogens (tertiary/aromatic N) is 3. The molecule has 0 aliphatic heterocycles. The molecule has 67 heavy (non-hydrogen) atoms. The van der Waals surface area contributed by atoms with E-state index in [1.54, 1.807) is 0 Å². The zero-order valence-corrected chi connectivity index (χ0v) is 36.6. The van der Waals surface area contributed by atoms with Crippen LogP contribution >= 0.6 is 0 Å². The Balaban J connectivity index is 0.724.